The van der Waals surface area contributed by atoms with E-state index >= 15 is 0 Å². The van der Waals surface area contributed by atoms with Gasteiger partial charge in [-0.25, -0.2) is 0 Å². The first-order valence-corrected chi connectivity index (χ1v) is 4.79. The summed E-state index contributed by atoms with van der Waals surface area (Å²) in [5.74, 6) is 3.07. The van der Waals surface area contributed by atoms with E-state index in [0.717, 1.165) is 6.42 Å². The van der Waals surface area contributed by atoms with Crippen LogP contribution in [-0.4, -0.2) is 23.3 Å². The minimum atomic E-state index is -0.653. The van der Waals surface area contributed by atoms with Crippen molar-refractivity contribution in [3.8, 4) is 12.3 Å². The van der Waals surface area contributed by atoms with Crippen LogP contribution in [0.1, 0.15) is 34.1 Å². The van der Waals surface area contributed by atoms with Crippen LogP contribution in [0.25, 0.3) is 0 Å². The Balaban J connectivity index is 3.83. The average molecular weight is 183 g/mol. The van der Waals surface area contributed by atoms with E-state index in [0.29, 0.717) is 12.5 Å². The second-order valence-electron chi connectivity index (χ2n) is 4.36. The van der Waals surface area contributed by atoms with Crippen molar-refractivity contribution < 1.29 is 5.11 Å². The zero-order chi connectivity index (χ0) is 10.5. The smallest absolute Gasteiger partial charge is 0.0746 e. The van der Waals surface area contributed by atoms with Gasteiger partial charge in [-0.2, -0.15) is 0 Å². The first kappa shape index (κ1) is 12.5. The Morgan fingerprint density at radius 3 is 2.38 bits per heavy atom. The molecule has 2 unspecified atom stereocenters. The molecule has 0 amide bonds. The van der Waals surface area contributed by atoms with Crippen LogP contribution < -0.4 is 5.32 Å². The van der Waals surface area contributed by atoms with E-state index in [1.54, 1.807) is 0 Å². The zero-order valence-corrected chi connectivity index (χ0v) is 9.09. The van der Waals surface area contributed by atoms with Crippen LogP contribution in [0, 0.1) is 18.3 Å². The molecule has 0 heterocycles. The molecular weight excluding hydrogens is 162 g/mol. The SMILES string of the molecule is C#CC(C)NCC(C)(O)CC(C)C. The Hall–Kier alpha value is -0.520. The molecule has 0 saturated carbocycles. The lowest BCUT2D eigenvalue weighted by molar-refractivity contribution is 0.0377. The second-order valence-corrected chi connectivity index (χ2v) is 4.36. The van der Waals surface area contributed by atoms with Crippen LogP contribution in [0.15, 0.2) is 0 Å². The highest BCUT2D eigenvalue weighted by molar-refractivity contribution is 4.96. The summed E-state index contributed by atoms with van der Waals surface area (Å²) in [5, 5.41) is 13.0. The fourth-order valence-corrected chi connectivity index (χ4v) is 1.38. The maximum atomic E-state index is 9.90. The Bertz CT molecular complexity index is 179. The summed E-state index contributed by atoms with van der Waals surface area (Å²) in [5.41, 5.74) is -0.653. The maximum absolute atomic E-state index is 9.90. The Kier molecular flexibility index (Phi) is 5.05. The number of hydrogen-bond donors (Lipinski definition) is 2. The van der Waals surface area contributed by atoms with Gasteiger partial charge in [-0.3, -0.25) is 0 Å². The third-order valence-corrected chi connectivity index (χ3v) is 1.89. The molecule has 0 bridgehead atoms. The van der Waals surface area contributed by atoms with E-state index in [1.807, 2.05) is 13.8 Å². The van der Waals surface area contributed by atoms with Gasteiger partial charge in [-0.05, 0) is 26.2 Å². The first-order valence-electron chi connectivity index (χ1n) is 4.79. The summed E-state index contributed by atoms with van der Waals surface area (Å²) in [7, 11) is 0. The molecule has 76 valence electrons. The molecule has 0 aliphatic rings. The lowest BCUT2D eigenvalue weighted by Gasteiger charge is -2.26. The summed E-state index contributed by atoms with van der Waals surface area (Å²) in [6.45, 7) is 8.49. The van der Waals surface area contributed by atoms with Crippen LogP contribution in [0.5, 0.6) is 0 Å². The number of aliphatic hydroxyl groups is 1. The zero-order valence-electron chi connectivity index (χ0n) is 9.09. The van der Waals surface area contributed by atoms with Crippen LogP contribution in [0.3, 0.4) is 0 Å². The monoisotopic (exact) mass is 183 g/mol. The predicted octanol–water partition coefficient (Wildman–Crippen LogP) is 1.39. The van der Waals surface area contributed by atoms with E-state index < -0.39 is 5.60 Å². The standard InChI is InChI=1S/C11H21NO/c1-6-10(4)12-8-11(5,13)7-9(2)3/h1,9-10,12-13H,7-8H2,2-5H3. The minimum absolute atomic E-state index is 0.0265. The third kappa shape index (κ3) is 6.62. The molecule has 2 N–H and O–H groups in total. The fraction of sp³-hybridized carbons (Fsp3) is 0.818. The lowest BCUT2D eigenvalue weighted by Crippen LogP contribution is -2.41. The molecule has 0 aliphatic carbocycles. The van der Waals surface area contributed by atoms with E-state index in [4.69, 9.17) is 6.42 Å². The number of rotatable bonds is 5. The van der Waals surface area contributed by atoms with Gasteiger partial charge in [0.25, 0.3) is 0 Å². The van der Waals surface area contributed by atoms with Crippen molar-refractivity contribution in [2.45, 2.75) is 45.8 Å². The normalized spacial score (nSPS) is 17.9. The molecule has 13 heavy (non-hydrogen) atoms. The molecule has 0 rings (SSSR count). The molecular formula is C11H21NO. The van der Waals surface area contributed by atoms with Gasteiger partial charge in [0.1, 0.15) is 0 Å². The maximum Gasteiger partial charge on any atom is 0.0746 e. The van der Waals surface area contributed by atoms with Crippen molar-refractivity contribution in [2.75, 3.05) is 6.54 Å². The minimum Gasteiger partial charge on any atom is -0.389 e. The summed E-state index contributed by atoms with van der Waals surface area (Å²) in [6, 6.07) is 0.0265. The van der Waals surface area contributed by atoms with E-state index in [-0.39, 0.29) is 6.04 Å². The molecule has 2 atom stereocenters. The van der Waals surface area contributed by atoms with E-state index in [9.17, 15) is 5.11 Å². The first-order chi connectivity index (χ1) is 5.87. The molecule has 0 saturated heterocycles. The molecule has 0 aromatic carbocycles. The van der Waals surface area contributed by atoms with Crippen LogP contribution in [0.2, 0.25) is 0 Å². The molecule has 2 nitrogen and oxygen atoms in total. The van der Waals surface area contributed by atoms with Crippen molar-refractivity contribution in [1.29, 1.82) is 0 Å². The molecule has 0 radical (unpaired) electrons. The largest absolute Gasteiger partial charge is 0.389 e. The summed E-state index contributed by atoms with van der Waals surface area (Å²) in [4.78, 5) is 0. The average Bonchev–Trinajstić information content (AvgIpc) is 1.98. The summed E-state index contributed by atoms with van der Waals surface area (Å²) < 4.78 is 0. The number of hydrogen-bond acceptors (Lipinski definition) is 2. The van der Waals surface area contributed by atoms with Crippen molar-refractivity contribution >= 4 is 0 Å². The molecule has 0 fully saturated rings. The highest BCUT2D eigenvalue weighted by Gasteiger charge is 2.21. The molecule has 2 heteroatoms. The Labute approximate surface area is 81.7 Å². The topological polar surface area (TPSA) is 32.3 Å². The molecule has 0 aromatic heterocycles. The number of nitrogens with one attached hydrogen (secondary N) is 1. The molecule has 0 spiro atoms. The Morgan fingerprint density at radius 1 is 1.46 bits per heavy atom. The van der Waals surface area contributed by atoms with Crippen LogP contribution >= 0.6 is 0 Å². The second kappa shape index (κ2) is 5.26. The third-order valence-electron chi connectivity index (χ3n) is 1.89. The predicted molar refractivity (Wildman–Crippen MR) is 56.4 cm³/mol. The highest BCUT2D eigenvalue weighted by atomic mass is 16.3. The van der Waals surface area contributed by atoms with Gasteiger partial charge >= 0.3 is 0 Å². The van der Waals surface area contributed by atoms with Crippen molar-refractivity contribution in [3.05, 3.63) is 0 Å². The molecule has 0 aliphatic heterocycles. The van der Waals surface area contributed by atoms with E-state index in [2.05, 4.69) is 25.1 Å². The van der Waals surface area contributed by atoms with Gasteiger partial charge in [0.2, 0.25) is 0 Å². The van der Waals surface area contributed by atoms with Gasteiger partial charge in [0.05, 0.1) is 11.6 Å². The van der Waals surface area contributed by atoms with Gasteiger partial charge in [0, 0.05) is 6.54 Å². The molecule has 0 aromatic rings. The lowest BCUT2D eigenvalue weighted by atomic mass is 9.94. The van der Waals surface area contributed by atoms with Crippen LogP contribution in [0.4, 0.5) is 0 Å². The van der Waals surface area contributed by atoms with Gasteiger partial charge in [0.15, 0.2) is 0 Å². The van der Waals surface area contributed by atoms with Crippen molar-refractivity contribution in [3.63, 3.8) is 0 Å². The summed E-state index contributed by atoms with van der Waals surface area (Å²) in [6.07, 6.45) is 6.00. The van der Waals surface area contributed by atoms with Crippen molar-refractivity contribution in [2.24, 2.45) is 5.92 Å². The van der Waals surface area contributed by atoms with Gasteiger partial charge < -0.3 is 10.4 Å². The van der Waals surface area contributed by atoms with Gasteiger partial charge in [-0.15, -0.1) is 6.42 Å². The fourth-order valence-electron chi connectivity index (χ4n) is 1.38. The Morgan fingerprint density at radius 2 is 2.00 bits per heavy atom. The quantitative estimate of drug-likeness (QED) is 0.631. The van der Waals surface area contributed by atoms with Gasteiger partial charge in [-0.1, -0.05) is 19.8 Å². The number of terminal acetylenes is 1. The van der Waals surface area contributed by atoms with Crippen LogP contribution in [-0.2, 0) is 0 Å². The van der Waals surface area contributed by atoms with E-state index in [1.165, 1.54) is 0 Å². The van der Waals surface area contributed by atoms with Crippen molar-refractivity contribution in [1.82, 2.24) is 5.32 Å². The highest BCUT2D eigenvalue weighted by Crippen LogP contribution is 2.15. The summed E-state index contributed by atoms with van der Waals surface area (Å²) >= 11 is 0.